The number of hydrogen-bond donors (Lipinski definition) is 2. The highest BCUT2D eigenvalue weighted by atomic mass is 35.5. The van der Waals surface area contributed by atoms with Crippen LogP contribution in [0.25, 0.3) is 11.0 Å². The Balaban J connectivity index is 1.44. The van der Waals surface area contributed by atoms with Gasteiger partial charge >= 0.3 is 5.91 Å². The van der Waals surface area contributed by atoms with Crippen molar-refractivity contribution in [1.82, 2.24) is 15.8 Å². The second-order valence-electron chi connectivity index (χ2n) is 7.31. The van der Waals surface area contributed by atoms with Crippen LogP contribution in [-0.2, 0) is 4.79 Å². The Bertz CT molecular complexity index is 1170. The number of hydrogen-bond acceptors (Lipinski definition) is 4. The molecule has 4 rings (SSSR count). The van der Waals surface area contributed by atoms with Crippen LogP contribution in [-0.4, -0.2) is 35.2 Å². The van der Waals surface area contributed by atoms with E-state index < -0.39 is 17.9 Å². The van der Waals surface area contributed by atoms with E-state index in [1.165, 1.54) is 23.1 Å². The number of para-hydroxylation sites is 1. The summed E-state index contributed by atoms with van der Waals surface area (Å²) in [4.78, 5) is 39.6. The Morgan fingerprint density at radius 3 is 2.48 bits per heavy atom. The molecule has 0 radical (unpaired) electrons. The maximum atomic E-state index is 12.9. The molecule has 1 saturated heterocycles. The number of amides is 3. The first-order valence-electron chi connectivity index (χ1n) is 9.70. The number of carbonyl (C=O) groups excluding carboxylic acids is 3. The van der Waals surface area contributed by atoms with Crippen LogP contribution in [0.3, 0.4) is 0 Å². The molecule has 2 heterocycles. The van der Waals surface area contributed by atoms with Crippen molar-refractivity contribution in [2.75, 3.05) is 6.54 Å². The molecule has 9 heteroatoms. The van der Waals surface area contributed by atoms with Crippen LogP contribution in [0.1, 0.15) is 39.3 Å². The summed E-state index contributed by atoms with van der Waals surface area (Å²) in [6, 6.07) is 11.1. The van der Waals surface area contributed by atoms with Crippen LogP contribution in [0.4, 0.5) is 0 Å². The molecule has 0 bridgehead atoms. The number of aryl methyl sites for hydroxylation is 1. The second-order valence-corrected chi connectivity index (χ2v) is 8.18. The summed E-state index contributed by atoms with van der Waals surface area (Å²) in [6.45, 7) is 2.19. The summed E-state index contributed by atoms with van der Waals surface area (Å²) in [5.41, 5.74) is 6.36. The van der Waals surface area contributed by atoms with Gasteiger partial charge in [0.05, 0.1) is 0 Å². The smallest absolute Gasteiger partial charge is 0.305 e. The maximum absolute atomic E-state index is 12.9. The lowest BCUT2D eigenvalue weighted by Gasteiger charge is -2.24. The lowest BCUT2D eigenvalue weighted by atomic mass is 10.1. The molecular formula is C22H19Cl2N3O4. The summed E-state index contributed by atoms with van der Waals surface area (Å²) in [6.07, 6.45) is 1.14. The highest BCUT2D eigenvalue weighted by Gasteiger charge is 2.35. The molecule has 160 valence electrons. The summed E-state index contributed by atoms with van der Waals surface area (Å²) in [5, 5.41) is 1.50. The van der Waals surface area contributed by atoms with Gasteiger partial charge in [0, 0.05) is 33.1 Å². The summed E-state index contributed by atoms with van der Waals surface area (Å²) in [7, 11) is 0. The van der Waals surface area contributed by atoms with Gasteiger partial charge < -0.3 is 9.32 Å². The lowest BCUT2D eigenvalue weighted by molar-refractivity contribution is -0.125. The number of hydrazine groups is 1. The molecular weight excluding hydrogens is 441 g/mol. The van der Waals surface area contributed by atoms with Crippen molar-refractivity contribution in [2.24, 2.45) is 0 Å². The summed E-state index contributed by atoms with van der Waals surface area (Å²) >= 11 is 12.0. The summed E-state index contributed by atoms with van der Waals surface area (Å²) in [5.74, 6) is -1.28. The van der Waals surface area contributed by atoms with E-state index in [1.807, 2.05) is 18.2 Å². The molecule has 7 nitrogen and oxygen atoms in total. The lowest BCUT2D eigenvalue weighted by Crippen LogP contribution is -2.51. The van der Waals surface area contributed by atoms with E-state index in [2.05, 4.69) is 10.9 Å². The molecule has 1 unspecified atom stereocenters. The molecule has 2 N–H and O–H groups in total. The number of furan rings is 1. The minimum absolute atomic E-state index is 0.120. The number of likely N-dealkylation sites (tertiary alicyclic amines) is 1. The molecule has 0 aliphatic carbocycles. The predicted molar refractivity (Wildman–Crippen MR) is 117 cm³/mol. The van der Waals surface area contributed by atoms with Crippen LogP contribution in [0.15, 0.2) is 46.9 Å². The highest BCUT2D eigenvalue weighted by Crippen LogP contribution is 2.26. The SMILES string of the molecule is Cc1c(C(=O)NNC(=O)C2CCCN2C(=O)c2cc(Cl)cc(Cl)c2)oc2ccccc12. The third-order valence-corrected chi connectivity index (χ3v) is 5.71. The van der Waals surface area contributed by atoms with Gasteiger partial charge in [0.2, 0.25) is 0 Å². The Hall–Kier alpha value is -3.03. The van der Waals surface area contributed by atoms with Gasteiger partial charge in [-0.3, -0.25) is 25.2 Å². The quantitative estimate of drug-likeness (QED) is 0.576. The fourth-order valence-electron chi connectivity index (χ4n) is 3.77. The molecule has 0 saturated carbocycles. The zero-order valence-electron chi connectivity index (χ0n) is 16.6. The van der Waals surface area contributed by atoms with Crippen molar-refractivity contribution in [2.45, 2.75) is 25.8 Å². The minimum Gasteiger partial charge on any atom is -0.451 e. The molecule has 3 aromatic rings. The molecule has 0 spiro atoms. The van der Waals surface area contributed by atoms with Crippen LogP contribution >= 0.6 is 23.2 Å². The number of nitrogens with zero attached hydrogens (tertiary/aromatic N) is 1. The van der Waals surface area contributed by atoms with Crippen LogP contribution in [0.5, 0.6) is 0 Å². The first-order chi connectivity index (χ1) is 14.8. The van der Waals surface area contributed by atoms with Crippen LogP contribution < -0.4 is 10.9 Å². The zero-order valence-corrected chi connectivity index (χ0v) is 18.1. The average Bonchev–Trinajstić information content (AvgIpc) is 3.36. The van der Waals surface area contributed by atoms with Gasteiger partial charge in [-0.2, -0.15) is 0 Å². The van der Waals surface area contributed by atoms with Crippen molar-refractivity contribution < 1.29 is 18.8 Å². The fraction of sp³-hybridized carbons (Fsp3) is 0.227. The van der Waals surface area contributed by atoms with Crippen LogP contribution in [0, 0.1) is 6.92 Å². The van der Waals surface area contributed by atoms with Crippen molar-refractivity contribution in [3.63, 3.8) is 0 Å². The van der Waals surface area contributed by atoms with Gasteiger partial charge in [0.15, 0.2) is 5.76 Å². The molecule has 2 aromatic carbocycles. The third kappa shape index (κ3) is 4.24. The van der Waals surface area contributed by atoms with Gasteiger partial charge in [0.25, 0.3) is 11.8 Å². The molecule has 3 amide bonds. The predicted octanol–water partition coefficient (Wildman–Crippen LogP) is 4.11. The Kier molecular flexibility index (Phi) is 5.89. The van der Waals surface area contributed by atoms with Gasteiger partial charge in [-0.1, -0.05) is 41.4 Å². The molecule has 1 fully saturated rings. The van der Waals surface area contributed by atoms with Gasteiger partial charge in [-0.15, -0.1) is 0 Å². The molecule has 1 aliphatic heterocycles. The van der Waals surface area contributed by atoms with E-state index in [4.69, 9.17) is 27.6 Å². The van der Waals surface area contributed by atoms with Gasteiger partial charge in [0.1, 0.15) is 11.6 Å². The zero-order chi connectivity index (χ0) is 22.1. The Morgan fingerprint density at radius 2 is 1.77 bits per heavy atom. The van der Waals surface area contributed by atoms with Crippen molar-refractivity contribution in [3.8, 4) is 0 Å². The van der Waals surface area contributed by atoms with Crippen LogP contribution in [0.2, 0.25) is 10.0 Å². The van der Waals surface area contributed by atoms with E-state index in [0.29, 0.717) is 46.1 Å². The largest absolute Gasteiger partial charge is 0.451 e. The molecule has 31 heavy (non-hydrogen) atoms. The van der Waals surface area contributed by atoms with E-state index in [9.17, 15) is 14.4 Å². The van der Waals surface area contributed by atoms with E-state index >= 15 is 0 Å². The third-order valence-electron chi connectivity index (χ3n) is 5.27. The number of benzene rings is 2. The number of carbonyl (C=O) groups is 3. The standard InChI is InChI=1S/C22H19Cl2N3O4/c1-12-16-5-2-3-7-18(16)31-19(12)21(29)26-25-20(28)17-6-4-8-27(17)22(30)13-9-14(23)11-15(24)10-13/h2-3,5,7,9-11,17H,4,6,8H2,1H3,(H,25,28)(H,26,29). The van der Waals surface area contributed by atoms with Gasteiger partial charge in [-0.25, -0.2) is 0 Å². The van der Waals surface area contributed by atoms with E-state index in [1.54, 1.807) is 13.0 Å². The number of rotatable bonds is 3. The summed E-state index contributed by atoms with van der Waals surface area (Å²) < 4.78 is 5.61. The van der Waals surface area contributed by atoms with E-state index in [0.717, 1.165) is 5.39 Å². The normalized spacial score (nSPS) is 15.8. The molecule has 1 atom stereocenters. The number of fused-ring (bicyclic) bond motifs is 1. The van der Waals surface area contributed by atoms with Crippen molar-refractivity contribution >= 4 is 51.9 Å². The highest BCUT2D eigenvalue weighted by molar-refractivity contribution is 6.35. The number of nitrogens with one attached hydrogen (secondary N) is 2. The van der Waals surface area contributed by atoms with E-state index in [-0.39, 0.29) is 11.7 Å². The first kappa shape index (κ1) is 21.2. The molecule has 1 aromatic heterocycles. The maximum Gasteiger partial charge on any atom is 0.305 e. The van der Waals surface area contributed by atoms with Gasteiger partial charge in [-0.05, 0) is 44.0 Å². The Labute approximate surface area is 188 Å². The average molecular weight is 460 g/mol. The molecule has 1 aliphatic rings. The second kappa shape index (κ2) is 8.61. The number of halogens is 2. The first-order valence-corrected chi connectivity index (χ1v) is 10.5. The fourth-order valence-corrected chi connectivity index (χ4v) is 4.30. The minimum atomic E-state index is -0.720. The van der Waals surface area contributed by atoms with Crippen molar-refractivity contribution in [3.05, 3.63) is 69.4 Å². The Morgan fingerprint density at radius 1 is 1.06 bits per heavy atom. The topological polar surface area (TPSA) is 91.7 Å². The monoisotopic (exact) mass is 459 g/mol. The van der Waals surface area contributed by atoms with Crippen molar-refractivity contribution in [1.29, 1.82) is 0 Å².